The molecule has 2 aromatic heterocycles. The van der Waals surface area contributed by atoms with E-state index in [2.05, 4.69) is 56.5 Å². The minimum absolute atomic E-state index is 0.00360. The van der Waals surface area contributed by atoms with Crippen molar-refractivity contribution in [1.29, 1.82) is 0 Å². The van der Waals surface area contributed by atoms with Crippen LogP contribution in [0, 0.1) is 6.92 Å². The van der Waals surface area contributed by atoms with Crippen molar-refractivity contribution in [2.45, 2.75) is 30.1 Å². The first-order chi connectivity index (χ1) is 28.4. The van der Waals surface area contributed by atoms with Crippen LogP contribution in [0.5, 0.6) is 11.5 Å². The second kappa shape index (κ2) is 19.3. The highest BCUT2D eigenvalue weighted by atomic mass is 32.2. The summed E-state index contributed by atoms with van der Waals surface area (Å²) in [5, 5.41) is 19.8. The molecule has 0 saturated carbocycles. The summed E-state index contributed by atoms with van der Waals surface area (Å²) in [5.41, 5.74) is 5.33. The molecule has 0 amide bonds. The zero-order valence-electron chi connectivity index (χ0n) is 32.5. The van der Waals surface area contributed by atoms with Gasteiger partial charge in [0.2, 0.25) is 0 Å². The number of hydrogen-bond acceptors (Lipinski definition) is 11. The molecule has 0 spiro atoms. The molecule has 2 heterocycles. The van der Waals surface area contributed by atoms with E-state index in [1.54, 1.807) is 62.8 Å². The lowest BCUT2D eigenvalue weighted by molar-refractivity contribution is 0.101. The number of ketones is 2. The molecule has 0 radical (unpaired) electrons. The Morgan fingerprint density at radius 2 is 0.966 bits per heavy atom. The van der Waals surface area contributed by atoms with E-state index in [9.17, 15) is 9.59 Å². The number of hydrogen-bond donors (Lipinski definition) is 0. The van der Waals surface area contributed by atoms with E-state index in [1.165, 1.54) is 29.1 Å². The molecular weight excluding hydrogens is 767 g/mol. The molecule has 7 rings (SSSR count). The van der Waals surface area contributed by atoms with Crippen LogP contribution in [0.1, 0.15) is 37.9 Å². The average Bonchev–Trinajstić information content (AvgIpc) is 3.89. The zero-order valence-corrected chi connectivity index (χ0v) is 34.2. The van der Waals surface area contributed by atoms with E-state index in [0.717, 1.165) is 28.7 Å². The molecule has 0 aliphatic carbocycles. The predicted octanol–water partition coefficient (Wildman–Crippen LogP) is 8.42. The van der Waals surface area contributed by atoms with Crippen LogP contribution in [0.2, 0.25) is 0 Å². The summed E-state index contributed by atoms with van der Waals surface area (Å²) in [6.07, 6.45) is 1.17. The number of aromatic nitrogens is 6. The highest BCUT2D eigenvalue weighted by Crippen LogP contribution is 2.27. The molecule has 0 unspecified atom stereocenters. The van der Waals surface area contributed by atoms with E-state index >= 15 is 0 Å². The van der Waals surface area contributed by atoms with Crippen molar-refractivity contribution in [2.24, 2.45) is 0 Å². The molecule has 13 heteroatoms. The van der Waals surface area contributed by atoms with Gasteiger partial charge in [0.05, 0.1) is 25.7 Å². The molecule has 0 atom stereocenters. The SMILES string of the molecule is COc1ccc(C(=O)CSc2nnc(CCN(CCc3nnc(SCC(=O)c4ccc(OC)cc4)n3-c3ccccc3)c3ccc(C)cc3)n2-c2ccccc2)cc1. The fourth-order valence-electron chi connectivity index (χ4n) is 6.36. The van der Waals surface area contributed by atoms with Gasteiger partial charge >= 0.3 is 0 Å². The minimum atomic E-state index is -0.00360. The molecule has 0 aliphatic rings. The van der Waals surface area contributed by atoms with Crippen LogP contribution < -0.4 is 14.4 Å². The van der Waals surface area contributed by atoms with Crippen molar-refractivity contribution < 1.29 is 19.1 Å². The van der Waals surface area contributed by atoms with Gasteiger partial charge in [-0.05, 0) is 91.9 Å². The molecule has 0 fully saturated rings. The first-order valence-corrected chi connectivity index (χ1v) is 20.8. The van der Waals surface area contributed by atoms with Gasteiger partial charge < -0.3 is 14.4 Å². The number of aryl methyl sites for hydroxylation is 1. The van der Waals surface area contributed by atoms with Crippen molar-refractivity contribution >= 4 is 40.8 Å². The topological polar surface area (TPSA) is 117 Å². The fraction of sp³-hybridized carbons (Fsp3) is 0.200. The van der Waals surface area contributed by atoms with Crippen LogP contribution in [-0.4, -0.2) is 79.9 Å². The van der Waals surface area contributed by atoms with Crippen molar-refractivity contribution in [2.75, 3.05) is 43.7 Å². The predicted molar refractivity (Wildman–Crippen MR) is 230 cm³/mol. The van der Waals surface area contributed by atoms with E-state index in [4.69, 9.17) is 9.47 Å². The Morgan fingerprint density at radius 3 is 1.36 bits per heavy atom. The summed E-state index contributed by atoms with van der Waals surface area (Å²) in [6, 6.07) is 42.8. The van der Waals surface area contributed by atoms with Gasteiger partial charge in [0.25, 0.3) is 0 Å². The summed E-state index contributed by atoms with van der Waals surface area (Å²) in [4.78, 5) is 28.6. The van der Waals surface area contributed by atoms with Crippen molar-refractivity contribution in [1.82, 2.24) is 29.5 Å². The number of rotatable bonds is 19. The number of carbonyl (C=O) groups is 2. The van der Waals surface area contributed by atoms with E-state index in [0.29, 0.717) is 58.9 Å². The van der Waals surface area contributed by atoms with Crippen LogP contribution in [0.4, 0.5) is 5.69 Å². The largest absolute Gasteiger partial charge is 0.497 e. The number of nitrogens with zero attached hydrogens (tertiary/aromatic N) is 7. The summed E-state index contributed by atoms with van der Waals surface area (Å²) < 4.78 is 14.6. The highest BCUT2D eigenvalue weighted by molar-refractivity contribution is 8.00. The molecule has 294 valence electrons. The van der Waals surface area contributed by atoms with Gasteiger partial charge in [-0.1, -0.05) is 77.6 Å². The standard InChI is InChI=1S/C45H43N7O4S2/c1-32-14-20-35(21-15-32)50(28-26-42-46-48-44(51(42)36-10-6-4-7-11-36)57-30-40(53)33-16-22-38(55-2)23-17-33)29-27-43-47-49-45(52(43)37-12-8-5-9-13-37)58-31-41(54)34-18-24-39(56-3)25-19-34/h4-25H,26-31H2,1-3H3. The Labute approximate surface area is 346 Å². The van der Waals surface area contributed by atoms with Gasteiger partial charge in [-0.15, -0.1) is 20.4 Å². The summed E-state index contributed by atoms with van der Waals surface area (Å²) in [5.74, 6) is 3.40. The second-order valence-electron chi connectivity index (χ2n) is 13.3. The molecule has 7 aromatic rings. The van der Waals surface area contributed by atoms with Crippen LogP contribution in [0.15, 0.2) is 144 Å². The van der Waals surface area contributed by atoms with Crippen molar-refractivity contribution in [3.63, 3.8) is 0 Å². The Kier molecular flexibility index (Phi) is 13.3. The first kappa shape index (κ1) is 40.0. The van der Waals surface area contributed by atoms with E-state index in [1.807, 2.05) is 69.8 Å². The third-order valence-corrected chi connectivity index (χ3v) is 11.4. The quantitative estimate of drug-likeness (QED) is 0.0579. The Bertz CT molecular complexity index is 2270. The molecule has 0 saturated heterocycles. The summed E-state index contributed by atoms with van der Waals surface area (Å²) >= 11 is 2.74. The fourth-order valence-corrected chi connectivity index (χ4v) is 8.09. The van der Waals surface area contributed by atoms with Gasteiger partial charge in [0, 0.05) is 54.1 Å². The Hall–Kier alpha value is -6.18. The Balaban J connectivity index is 1.10. The minimum Gasteiger partial charge on any atom is -0.497 e. The van der Waals surface area contributed by atoms with Gasteiger partial charge in [-0.3, -0.25) is 18.7 Å². The first-order valence-electron chi connectivity index (χ1n) is 18.8. The van der Waals surface area contributed by atoms with Gasteiger partial charge in [0.1, 0.15) is 23.1 Å². The molecule has 5 aromatic carbocycles. The number of carbonyl (C=O) groups excluding carboxylic acids is 2. The van der Waals surface area contributed by atoms with Crippen LogP contribution in [-0.2, 0) is 12.8 Å². The van der Waals surface area contributed by atoms with Crippen molar-refractivity contribution in [3.8, 4) is 22.9 Å². The third kappa shape index (κ3) is 9.85. The molecule has 58 heavy (non-hydrogen) atoms. The molecule has 0 aliphatic heterocycles. The number of thioether (sulfide) groups is 2. The maximum atomic E-state index is 13.2. The zero-order chi connectivity index (χ0) is 40.3. The number of methoxy groups -OCH3 is 2. The summed E-state index contributed by atoms with van der Waals surface area (Å²) in [7, 11) is 3.21. The number of benzene rings is 5. The third-order valence-electron chi connectivity index (χ3n) is 9.53. The number of Topliss-reactive ketones (excluding diaryl/α,β-unsaturated/α-hetero) is 2. The molecule has 0 bridgehead atoms. The molecule has 0 N–H and O–H groups in total. The lowest BCUT2D eigenvalue weighted by Gasteiger charge is -2.25. The maximum Gasteiger partial charge on any atom is 0.196 e. The lowest BCUT2D eigenvalue weighted by Crippen LogP contribution is -2.29. The number of anilines is 1. The van der Waals surface area contributed by atoms with Crippen LogP contribution in [0.25, 0.3) is 11.4 Å². The van der Waals surface area contributed by atoms with Gasteiger partial charge in [-0.25, -0.2) is 0 Å². The monoisotopic (exact) mass is 809 g/mol. The Morgan fingerprint density at radius 1 is 0.552 bits per heavy atom. The number of ether oxygens (including phenoxy) is 2. The maximum absolute atomic E-state index is 13.2. The van der Waals surface area contributed by atoms with E-state index in [-0.39, 0.29) is 23.1 Å². The highest BCUT2D eigenvalue weighted by Gasteiger charge is 2.21. The average molecular weight is 810 g/mol. The van der Waals surface area contributed by atoms with Gasteiger partial charge in [0.15, 0.2) is 21.9 Å². The number of para-hydroxylation sites is 2. The van der Waals surface area contributed by atoms with Gasteiger partial charge in [-0.2, -0.15) is 0 Å². The summed E-state index contributed by atoms with van der Waals surface area (Å²) in [6.45, 7) is 3.36. The molecular formula is C45H43N7O4S2. The van der Waals surface area contributed by atoms with E-state index < -0.39 is 0 Å². The van der Waals surface area contributed by atoms with Crippen LogP contribution >= 0.6 is 23.5 Å². The normalized spacial score (nSPS) is 11.0. The second-order valence-corrected chi connectivity index (χ2v) is 15.2. The van der Waals surface area contributed by atoms with Crippen molar-refractivity contribution in [3.05, 3.63) is 162 Å². The smallest absolute Gasteiger partial charge is 0.196 e. The lowest BCUT2D eigenvalue weighted by atomic mass is 10.1. The van der Waals surface area contributed by atoms with Crippen LogP contribution in [0.3, 0.4) is 0 Å². The molecule has 11 nitrogen and oxygen atoms in total.